The van der Waals surface area contributed by atoms with Crippen molar-refractivity contribution in [2.75, 3.05) is 7.11 Å². The summed E-state index contributed by atoms with van der Waals surface area (Å²) in [5.41, 5.74) is 0.931. The van der Waals surface area contributed by atoms with E-state index in [0.717, 1.165) is 11.5 Å². The molecule has 1 aliphatic carbocycles. The number of methoxy groups -OCH3 is 1. The third kappa shape index (κ3) is 3.16. The molecule has 0 amide bonds. The maximum Gasteiger partial charge on any atom is 0.123 e. The molecular formula is C15H23NO2. The second kappa shape index (κ2) is 6.10. The zero-order valence-electron chi connectivity index (χ0n) is 11.3. The lowest BCUT2D eigenvalue weighted by Crippen LogP contribution is -2.31. The van der Waals surface area contributed by atoms with Gasteiger partial charge in [-0.1, -0.05) is 18.9 Å². The average Bonchev–Trinajstić information content (AvgIpc) is 2.90. The number of rotatable bonds is 5. The molecule has 1 aromatic rings. The summed E-state index contributed by atoms with van der Waals surface area (Å²) in [4.78, 5) is 0. The summed E-state index contributed by atoms with van der Waals surface area (Å²) in [6, 6.07) is 5.99. The molecule has 0 aromatic heterocycles. The highest BCUT2D eigenvalue weighted by atomic mass is 16.5. The van der Waals surface area contributed by atoms with E-state index in [1.165, 1.54) is 25.7 Å². The number of hydrogen-bond donors (Lipinski definition) is 2. The van der Waals surface area contributed by atoms with Gasteiger partial charge >= 0.3 is 0 Å². The lowest BCUT2D eigenvalue weighted by atomic mass is 9.99. The quantitative estimate of drug-likeness (QED) is 0.842. The fourth-order valence-corrected chi connectivity index (χ4v) is 2.72. The Morgan fingerprint density at radius 2 is 2.11 bits per heavy atom. The van der Waals surface area contributed by atoms with E-state index in [4.69, 9.17) is 4.74 Å². The van der Waals surface area contributed by atoms with E-state index in [1.807, 2.05) is 12.1 Å². The highest BCUT2D eigenvalue weighted by Crippen LogP contribution is 2.28. The van der Waals surface area contributed by atoms with Gasteiger partial charge in [-0.2, -0.15) is 0 Å². The minimum atomic E-state index is 0.306. The van der Waals surface area contributed by atoms with Gasteiger partial charge in [-0.3, -0.25) is 0 Å². The van der Waals surface area contributed by atoms with Crippen molar-refractivity contribution >= 4 is 0 Å². The number of phenolic OH excluding ortho intramolecular Hbond substituents is 1. The van der Waals surface area contributed by atoms with Crippen LogP contribution in [0.25, 0.3) is 0 Å². The van der Waals surface area contributed by atoms with Crippen LogP contribution in [0.5, 0.6) is 11.5 Å². The fourth-order valence-electron chi connectivity index (χ4n) is 2.72. The number of nitrogens with one attached hydrogen (secondary N) is 1. The molecule has 100 valence electrons. The number of benzene rings is 1. The van der Waals surface area contributed by atoms with Crippen LogP contribution in [-0.2, 0) is 6.54 Å². The standard InChI is InChI=1S/C15H23NO2/c1-11(12-5-3-4-6-12)16-10-13-7-8-14(18-2)9-15(13)17/h7-9,11-12,16-17H,3-6,10H2,1-2H3. The van der Waals surface area contributed by atoms with Crippen molar-refractivity contribution in [1.29, 1.82) is 0 Å². The molecule has 0 radical (unpaired) electrons. The van der Waals surface area contributed by atoms with Gasteiger partial charge in [0.2, 0.25) is 0 Å². The lowest BCUT2D eigenvalue weighted by Gasteiger charge is -2.20. The Labute approximate surface area is 109 Å². The first-order valence-electron chi connectivity index (χ1n) is 6.80. The van der Waals surface area contributed by atoms with E-state index in [9.17, 15) is 5.11 Å². The molecule has 1 unspecified atom stereocenters. The van der Waals surface area contributed by atoms with Crippen LogP contribution < -0.4 is 10.1 Å². The Kier molecular flexibility index (Phi) is 4.48. The second-order valence-corrected chi connectivity index (χ2v) is 5.21. The fraction of sp³-hybridized carbons (Fsp3) is 0.600. The van der Waals surface area contributed by atoms with Gasteiger partial charge in [0, 0.05) is 24.2 Å². The summed E-state index contributed by atoms with van der Waals surface area (Å²) >= 11 is 0. The summed E-state index contributed by atoms with van der Waals surface area (Å²) in [7, 11) is 1.61. The zero-order valence-corrected chi connectivity index (χ0v) is 11.3. The summed E-state index contributed by atoms with van der Waals surface area (Å²) < 4.78 is 5.08. The number of aromatic hydroxyl groups is 1. The largest absolute Gasteiger partial charge is 0.507 e. The zero-order chi connectivity index (χ0) is 13.0. The molecule has 1 saturated carbocycles. The van der Waals surface area contributed by atoms with Gasteiger partial charge in [0.05, 0.1) is 7.11 Å². The molecule has 2 rings (SSSR count). The topological polar surface area (TPSA) is 41.5 Å². The molecule has 1 aromatic carbocycles. The number of hydrogen-bond acceptors (Lipinski definition) is 3. The third-order valence-corrected chi connectivity index (χ3v) is 4.01. The van der Waals surface area contributed by atoms with E-state index in [1.54, 1.807) is 13.2 Å². The summed E-state index contributed by atoms with van der Waals surface area (Å²) in [5.74, 6) is 1.80. The van der Waals surface area contributed by atoms with Crippen LogP contribution in [0.15, 0.2) is 18.2 Å². The van der Waals surface area contributed by atoms with Gasteiger partial charge in [-0.15, -0.1) is 0 Å². The Bertz CT molecular complexity index is 386. The maximum absolute atomic E-state index is 9.88. The van der Waals surface area contributed by atoms with Gasteiger partial charge in [-0.05, 0) is 31.7 Å². The van der Waals surface area contributed by atoms with E-state index in [0.29, 0.717) is 24.1 Å². The van der Waals surface area contributed by atoms with Crippen molar-refractivity contribution in [3.8, 4) is 11.5 Å². The van der Waals surface area contributed by atoms with Gasteiger partial charge in [-0.25, -0.2) is 0 Å². The Hall–Kier alpha value is -1.22. The smallest absolute Gasteiger partial charge is 0.123 e. The molecule has 1 fully saturated rings. The summed E-state index contributed by atoms with van der Waals surface area (Å²) in [5, 5.41) is 13.4. The van der Waals surface area contributed by atoms with Crippen molar-refractivity contribution in [3.05, 3.63) is 23.8 Å². The molecule has 2 N–H and O–H groups in total. The van der Waals surface area contributed by atoms with Crippen LogP contribution in [0, 0.1) is 5.92 Å². The van der Waals surface area contributed by atoms with Crippen molar-refractivity contribution < 1.29 is 9.84 Å². The molecule has 0 bridgehead atoms. The van der Waals surface area contributed by atoms with Crippen molar-refractivity contribution in [3.63, 3.8) is 0 Å². The Balaban J connectivity index is 1.89. The van der Waals surface area contributed by atoms with Crippen molar-refractivity contribution in [2.24, 2.45) is 5.92 Å². The van der Waals surface area contributed by atoms with Crippen LogP contribution in [-0.4, -0.2) is 18.3 Å². The van der Waals surface area contributed by atoms with Gasteiger partial charge < -0.3 is 15.2 Å². The SMILES string of the molecule is COc1ccc(CNC(C)C2CCCC2)c(O)c1. The van der Waals surface area contributed by atoms with Crippen molar-refractivity contribution in [1.82, 2.24) is 5.32 Å². The lowest BCUT2D eigenvalue weighted by molar-refractivity contribution is 0.374. The normalized spacial score (nSPS) is 17.9. The minimum absolute atomic E-state index is 0.306. The molecule has 0 aliphatic heterocycles. The average molecular weight is 249 g/mol. The molecule has 18 heavy (non-hydrogen) atoms. The van der Waals surface area contributed by atoms with E-state index >= 15 is 0 Å². The van der Waals surface area contributed by atoms with E-state index in [-0.39, 0.29) is 0 Å². The van der Waals surface area contributed by atoms with E-state index in [2.05, 4.69) is 12.2 Å². The van der Waals surface area contributed by atoms with Crippen LogP contribution in [0.1, 0.15) is 38.2 Å². The summed E-state index contributed by atoms with van der Waals surface area (Å²) in [6.07, 6.45) is 5.40. The molecular weight excluding hydrogens is 226 g/mol. The first kappa shape index (κ1) is 13.2. The minimum Gasteiger partial charge on any atom is -0.507 e. The molecule has 0 heterocycles. The van der Waals surface area contributed by atoms with Gasteiger partial charge in [0.25, 0.3) is 0 Å². The Morgan fingerprint density at radius 1 is 1.39 bits per heavy atom. The van der Waals surface area contributed by atoms with Crippen molar-refractivity contribution in [2.45, 2.75) is 45.2 Å². The molecule has 3 heteroatoms. The van der Waals surface area contributed by atoms with Crippen LogP contribution in [0.4, 0.5) is 0 Å². The molecule has 0 saturated heterocycles. The number of ether oxygens (including phenoxy) is 1. The van der Waals surface area contributed by atoms with Crippen LogP contribution in [0.3, 0.4) is 0 Å². The highest BCUT2D eigenvalue weighted by Gasteiger charge is 2.21. The van der Waals surface area contributed by atoms with Gasteiger partial charge in [0.1, 0.15) is 11.5 Å². The van der Waals surface area contributed by atoms with Gasteiger partial charge in [0.15, 0.2) is 0 Å². The first-order chi connectivity index (χ1) is 8.70. The monoisotopic (exact) mass is 249 g/mol. The maximum atomic E-state index is 9.88. The van der Waals surface area contributed by atoms with E-state index < -0.39 is 0 Å². The molecule has 3 nitrogen and oxygen atoms in total. The predicted molar refractivity (Wildman–Crippen MR) is 72.9 cm³/mol. The highest BCUT2D eigenvalue weighted by molar-refractivity contribution is 5.39. The first-order valence-corrected chi connectivity index (χ1v) is 6.80. The predicted octanol–water partition coefficient (Wildman–Crippen LogP) is 3.07. The molecule has 0 spiro atoms. The summed E-state index contributed by atoms with van der Waals surface area (Å²) in [6.45, 7) is 2.96. The Morgan fingerprint density at radius 3 is 2.72 bits per heavy atom. The van der Waals surface area contributed by atoms with Crippen LogP contribution in [0.2, 0.25) is 0 Å². The molecule has 1 aliphatic rings. The van der Waals surface area contributed by atoms with Crippen LogP contribution >= 0.6 is 0 Å². The second-order valence-electron chi connectivity index (χ2n) is 5.21. The number of phenols is 1. The third-order valence-electron chi connectivity index (χ3n) is 4.01. The molecule has 1 atom stereocenters.